The Bertz CT molecular complexity index is 434. The van der Waals surface area contributed by atoms with Crippen molar-refractivity contribution in [1.29, 1.82) is 0 Å². The van der Waals surface area contributed by atoms with Crippen LogP contribution < -0.4 is 4.90 Å². The Balaban J connectivity index is 2.24. The molecule has 1 unspecified atom stereocenters. The molecule has 102 valence electrons. The van der Waals surface area contributed by atoms with E-state index >= 15 is 0 Å². The van der Waals surface area contributed by atoms with Gasteiger partial charge in [-0.15, -0.1) is 5.10 Å². The van der Waals surface area contributed by atoms with Crippen molar-refractivity contribution in [3.05, 3.63) is 4.77 Å². The Labute approximate surface area is 118 Å². The molecule has 1 saturated carbocycles. The van der Waals surface area contributed by atoms with E-state index in [0.29, 0.717) is 12.1 Å². The lowest BCUT2D eigenvalue weighted by Crippen LogP contribution is -2.33. The highest BCUT2D eigenvalue weighted by Gasteiger charge is 2.24. The molecular formula is C12H22N4S2. The normalized spacial score (nSPS) is 18.2. The summed E-state index contributed by atoms with van der Waals surface area (Å²) in [4.78, 5) is 2.24. The molecule has 1 heterocycles. The van der Waals surface area contributed by atoms with Crippen molar-refractivity contribution in [2.45, 2.75) is 44.7 Å². The molecule has 0 radical (unpaired) electrons. The lowest BCUT2D eigenvalue weighted by Gasteiger charge is -2.27. The highest BCUT2D eigenvalue weighted by atomic mass is 32.2. The van der Waals surface area contributed by atoms with Gasteiger partial charge in [-0.2, -0.15) is 11.8 Å². The first-order valence-electron chi connectivity index (χ1n) is 6.53. The van der Waals surface area contributed by atoms with E-state index < -0.39 is 0 Å². The van der Waals surface area contributed by atoms with E-state index in [1.54, 1.807) is 0 Å². The molecule has 0 spiro atoms. The van der Waals surface area contributed by atoms with E-state index in [9.17, 15) is 0 Å². The van der Waals surface area contributed by atoms with Crippen LogP contribution in [0.2, 0.25) is 0 Å². The van der Waals surface area contributed by atoms with Crippen molar-refractivity contribution in [2.75, 3.05) is 24.0 Å². The molecule has 0 saturated heterocycles. The van der Waals surface area contributed by atoms with Crippen molar-refractivity contribution < 1.29 is 0 Å². The Morgan fingerprint density at radius 3 is 2.83 bits per heavy atom. The number of nitrogens with zero attached hydrogens (tertiary/aromatic N) is 3. The molecule has 1 fully saturated rings. The van der Waals surface area contributed by atoms with E-state index in [4.69, 9.17) is 12.2 Å². The maximum absolute atomic E-state index is 5.39. The number of thioether (sulfide) groups is 1. The van der Waals surface area contributed by atoms with Crippen molar-refractivity contribution in [3.8, 4) is 0 Å². The van der Waals surface area contributed by atoms with Crippen LogP contribution in [0.4, 0.5) is 5.95 Å². The van der Waals surface area contributed by atoms with Gasteiger partial charge in [-0.3, -0.25) is 4.57 Å². The third kappa shape index (κ3) is 2.74. The third-order valence-corrected chi connectivity index (χ3v) is 4.86. The van der Waals surface area contributed by atoms with Crippen LogP contribution in [-0.4, -0.2) is 39.9 Å². The van der Waals surface area contributed by atoms with Gasteiger partial charge >= 0.3 is 0 Å². The van der Waals surface area contributed by atoms with E-state index in [0.717, 1.165) is 16.5 Å². The number of anilines is 1. The molecule has 0 bridgehead atoms. The average molecular weight is 286 g/mol. The number of nitrogens with one attached hydrogen (secondary N) is 1. The number of hydrogen-bond acceptors (Lipinski definition) is 4. The predicted octanol–water partition coefficient (Wildman–Crippen LogP) is 3.24. The highest BCUT2D eigenvalue weighted by Crippen LogP contribution is 2.32. The fourth-order valence-electron chi connectivity index (χ4n) is 2.59. The molecule has 1 aromatic rings. The summed E-state index contributed by atoms with van der Waals surface area (Å²) in [6.45, 7) is 2.23. The molecule has 1 aliphatic carbocycles. The summed E-state index contributed by atoms with van der Waals surface area (Å²) >= 11 is 7.26. The first-order chi connectivity index (χ1) is 8.65. The number of aromatic nitrogens is 3. The lowest BCUT2D eigenvalue weighted by molar-refractivity contribution is 0.505. The molecule has 18 heavy (non-hydrogen) atoms. The van der Waals surface area contributed by atoms with Gasteiger partial charge < -0.3 is 4.90 Å². The fraction of sp³-hybridized carbons (Fsp3) is 0.833. The van der Waals surface area contributed by atoms with Crippen LogP contribution in [0.15, 0.2) is 0 Å². The van der Waals surface area contributed by atoms with Gasteiger partial charge in [0.2, 0.25) is 5.95 Å². The zero-order chi connectivity index (χ0) is 13.1. The summed E-state index contributed by atoms with van der Waals surface area (Å²) in [5.74, 6) is 2.09. The third-order valence-electron chi connectivity index (χ3n) is 3.76. The second-order valence-electron chi connectivity index (χ2n) is 5.05. The second kappa shape index (κ2) is 6.10. The van der Waals surface area contributed by atoms with Gasteiger partial charge in [0.1, 0.15) is 0 Å². The van der Waals surface area contributed by atoms with Gasteiger partial charge in [0.15, 0.2) is 4.77 Å². The van der Waals surface area contributed by atoms with Crippen LogP contribution >= 0.6 is 24.0 Å². The molecule has 1 N–H and O–H groups in total. The molecule has 0 amide bonds. The minimum atomic E-state index is 0.463. The number of aromatic amines is 1. The van der Waals surface area contributed by atoms with Gasteiger partial charge in [0.25, 0.3) is 0 Å². The molecule has 1 atom stereocenters. The zero-order valence-electron chi connectivity index (χ0n) is 11.3. The van der Waals surface area contributed by atoms with E-state index in [2.05, 4.69) is 39.9 Å². The summed E-state index contributed by atoms with van der Waals surface area (Å²) in [6, 6.07) is 1.00. The second-order valence-corrected chi connectivity index (χ2v) is 6.35. The lowest BCUT2D eigenvalue weighted by atomic mass is 10.2. The van der Waals surface area contributed by atoms with E-state index in [-0.39, 0.29) is 0 Å². The number of hydrogen-bond donors (Lipinski definition) is 1. The van der Waals surface area contributed by atoms with Crippen LogP contribution in [0.25, 0.3) is 0 Å². The first-order valence-corrected chi connectivity index (χ1v) is 8.34. The van der Waals surface area contributed by atoms with Crippen LogP contribution in [-0.2, 0) is 0 Å². The van der Waals surface area contributed by atoms with E-state index in [1.165, 1.54) is 25.7 Å². The van der Waals surface area contributed by atoms with Crippen LogP contribution in [0.5, 0.6) is 0 Å². The Kier molecular flexibility index (Phi) is 4.72. The minimum absolute atomic E-state index is 0.463. The quantitative estimate of drug-likeness (QED) is 0.843. The molecule has 0 aliphatic heterocycles. The topological polar surface area (TPSA) is 36.9 Å². The van der Waals surface area contributed by atoms with Crippen LogP contribution in [0.3, 0.4) is 0 Å². The van der Waals surface area contributed by atoms with Gasteiger partial charge in [0, 0.05) is 24.9 Å². The Morgan fingerprint density at radius 2 is 2.22 bits per heavy atom. The molecule has 0 aromatic carbocycles. The van der Waals surface area contributed by atoms with Crippen molar-refractivity contribution >= 4 is 29.9 Å². The first kappa shape index (κ1) is 13.9. The SMILES string of the molecule is CSCC(C)N(C)c1n[nH]c(=S)n1C1CCCC1. The summed E-state index contributed by atoms with van der Waals surface area (Å²) in [7, 11) is 2.11. The van der Waals surface area contributed by atoms with Crippen LogP contribution in [0.1, 0.15) is 38.6 Å². The highest BCUT2D eigenvalue weighted by molar-refractivity contribution is 7.98. The predicted molar refractivity (Wildman–Crippen MR) is 81.2 cm³/mol. The van der Waals surface area contributed by atoms with E-state index in [1.807, 2.05) is 11.8 Å². The Morgan fingerprint density at radius 1 is 1.56 bits per heavy atom. The van der Waals surface area contributed by atoms with Crippen LogP contribution in [0, 0.1) is 4.77 Å². The Hall–Kier alpha value is -0.490. The smallest absolute Gasteiger partial charge is 0.225 e. The molecule has 1 aromatic heterocycles. The summed E-state index contributed by atoms with van der Waals surface area (Å²) < 4.78 is 2.99. The molecule has 1 aliphatic rings. The summed E-state index contributed by atoms with van der Waals surface area (Å²) in [6.07, 6.45) is 7.21. The van der Waals surface area contributed by atoms with Crippen molar-refractivity contribution in [2.24, 2.45) is 0 Å². The largest absolute Gasteiger partial charge is 0.340 e. The number of rotatable bonds is 5. The van der Waals surface area contributed by atoms with Gasteiger partial charge in [-0.05, 0) is 38.2 Å². The number of H-pyrrole nitrogens is 1. The summed E-state index contributed by atoms with van der Waals surface area (Å²) in [5.41, 5.74) is 0. The maximum Gasteiger partial charge on any atom is 0.225 e. The van der Waals surface area contributed by atoms with Gasteiger partial charge in [-0.1, -0.05) is 12.8 Å². The van der Waals surface area contributed by atoms with Crippen molar-refractivity contribution in [1.82, 2.24) is 14.8 Å². The minimum Gasteiger partial charge on any atom is -0.340 e. The monoisotopic (exact) mass is 286 g/mol. The molecule has 6 heteroatoms. The average Bonchev–Trinajstić information content (AvgIpc) is 2.97. The van der Waals surface area contributed by atoms with Gasteiger partial charge in [-0.25, -0.2) is 5.10 Å². The maximum atomic E-state index is 5.39. The van der Waals surface area contributed by atoms with Gasteiger partial charge in [0.05, 0.1) is 0 Å². The standard InChI is InChI=1S/C12H22N4S2/c1-9(8-18-3)15(2)11-13-14-12(17)16(11)10-6-4-5-7-10/h9-10H,4-8H2,1-3H3,(H,14,17). The molecule has 4 nitrogen and oxygen atoms in total. The molecular weight excluding hydrogens is 264 g/mol. The van der Waals surface area contributed by atoms with Crippen molar-refractivity contribution in [3.63, 3.8) is 0 Å². The summed E-state index contributed by atoms with van der Waals surface area (Å²) in [5, 5.41) is 7.39. The fourth-order valence-corrected chi connectivity index (χ4v) is 3.57. The molecule has 2 rings (SSSR count). The zero-order valence-corrected chi connectivity index (χ0v) is 13.0.